The second-order valence-corrected chi connectivity index (χ2v) is 4.13. The fourth-order valence-electron chi connectivity index (χ4n) is 2.07. The maximum absolute atomic E-state index is 12.9. The maximum Gasteiger partial charge on any atom is 0.298 e. The third kappa shape index (κ3) is 2.08. The molecule has 0 amide bonds. The molecule has 3 rings (SSSR count). The molecule has 0 unspecified atom stereocenters. The molecule has 1 N–H and O–H groups in total. The first kappa shape index (κ1) is 11.5. The van der Waals surface area contributed by atoms with Crippen LogP contribution in [0.25, 0.3) is 22.0 Å². The summed E-state index contributed by atoms with van der Waals surface area (Å²) in [6.07, 6.45) is 1.63. The van der Waals surface area contributed by atoms with Gasteiger partial charge in [0.2, 0.25) is 0 Å². The monoisotopic (exact) mass is 255 g/mol. The van der Waals surface area contributed by atoms with Crippen LogP contribution in [0, 0.1) is 5.82 Å². The van der Waals surface area contributed by atoms with Crippen molar-refractivity contribution in [3.8, 4) is 16.9 Å². The van der Waals surface area contributed by atoms with E-state index in [9.17, 15) is 9.18 Å². The lowest BCUT2D eigenvalue weighted by molar-refractivity contribution is -0.120. The largest absolute Gasteiger partial charge is 0.426 e. The van der Waals surface area contributed by atoms with Crippen molar-refractivity contribution in [2.24, 2.45) is 0 Å². The van der Waals surface area contributed by atoms with Crippen molar-refractivity contribution in [2.45, 2.75) is 0 Å². The molecule has 19 heavy (non-hydrogen) atoms. The second kappa shape index (κ2) is 4.57. The van der Waals surface area contributed by atoms with Crippen LogP contribution < -0.4 is 4.74 Å². The molecule has 0 aliphatic carbocycles. The Morgan fingerprint density at radius 3 is 2.53 bits per heavy atom. The van der Waals surface area contributed by atoms with Gasteiger partial charge in [-0.2, -0.15) is 0 Å². The number of ether oxygens (including phenoxy) is 1. The highest BCUT2D eigenvalue weighted by molar-refractivity contribution is 5.91. The number of aromatic amines is 1. The summed E-state index contributed by atoms with van der Waals surface area (Å²) >= 11 is 0. The number of hydrogen-bond acceptors (Lipinski definition) is 2. The Bertz CT molecular complexity index is 731. The van der Waals surface area contributed by atoms with Crippen molar-refractivity contribution in [1.29, 1.82) is 0 Å². The molecule has 1 aromatic heterocycles. The number of benzene rings is 2. The molecule has 0 saturated heterocycles. The van der Waals surface area contributed by atoms with Crippen molar-refractivity contribution in [3.63, 3.8) is 0 Å². The molecular weight excluding hydrogens is 245 g/mol. The first-order valence-electron chi connectivity index (χ1n) is 5.75. The van der Waals surface area contributed by atoms with Gasteiger partial charge in [-0.3, -0.25) is 4.79 Å². The molecular formula is C15H10FNO2. The van der Waals surface area contributed by atoms with Crippen LogP contribution in [0.15, 0.2) is 48.7 Å². The number of halogens is 1. The van der Waals surface area contributed by atoms with Crippen molar-refractivity contribution < 1.29 is 13.9 Å². The Morgan fingerprint density at radius 1 is 1.05 bits per heavy atom. The number of hydrogen-bond donors (Lipinski definition) is 1. The average molecular weight is 255 g/mol. The first-order chi connectivity index (χ1) is 9.28. The number of H-pyrrole nitrogens is 1. The number of rotatable bonds is 3. The molecule has 3 aromatic rings. The van der Waals surface area contributed by atoms with Crippen molar-refractivity contribution in [1.82, 2.24) is 4.98 Å². The molecule has 0 bridgehead atoms. The third-order valence-electron chi connectivity index (χ3n) is 3.00. The minimum atomic E-state index is -0.267. The summed E-state index contributed by atoms with van der Waals surface area (Å²) in [6, 6.07) is 12.0. The molecule has 0 fully saturated rings. The van der Waals surface area contributed by atoms with E-state index in [0.717, 1.165) is 22.0 Å². The summed E-state index contributed by atoms with van der Waals surface area (Å²) in [5, 5.41) is 0.814. The summed E-state index contributed by atoms with van der Waals surface area (Å²) in [5.74, 6) is 0.213. The van der Waals surface area contributed by atoms with Crippen LogP contribution in [0.4, 0.5) is 4.39 Å². The number of carbonyl (C=O) groups excluding carboxylic acids is 1. The van der Waals surface area contributed by atoms with Crippen LogP contribution >= 0.6 is 0 Å². The topological polar surface area (TPSA) is 42.1 Å². The van der Waals surface area contributed by atoms with Gasteiger partial charge in [-0.05, 0) is 35.4 Å². The zero-order chi connectivity index (χ0) is 13.2. The summed E-state index contributed by atoms with van der Waals surface area (Å²) in [7, 11) is 0. The van der Waals surface area contributed by atoms with E-state index in [1.165, 1.54) is 12.1 Å². The van der Waals surface area contributed by atoms with Gasteiger partial charge in [0.1, 0.15) is 5.82 Å². The number of aromatic nitrogens is 1. The van der Waals surface area contributed by atoms with Crippen LogP contribution in [0.3, 0.4) is 0 Å². The normalized spacial score (nSPS) is 10.6. The zero-order valence-corrected chi connectivity index (χ0v) is 9.89. The number of fused-ring (bicyclic) bond motifs is 1. The highest BCUT2D eigenvalue weighted by Crippen LogP contribution is 2.30. The highest BCUT2D eigenvalue weighted by Gasteiger charge is 2.06. The van der Waals surface area contributed by atoms with Crippen LogP contribution in [-0.2, 0) is 4.79 Å². The predicted molar refractivity (Wildman–Crippen MR) is 70.4 cm³/mol. The van der Waals surface area contributed by atoms with Gasteiger partial charge in [-0.25, -0.2) is 4.39 Å². The minimum absolute atomic E-state index is 0.267. The summed E-state index contributed by atoms with van der Waals surface area (Å²) in [6.45, 7) is 0.396. The smallest absolute Gasteiger partial charge is 0.298 e. The molecule has 4 heteroatoms. The third-order valence-corrected chi connectivity index (χ3v) is 3.00. The minimum Gasteiger partial charge on any atom is -0.426 e. The van der Waals surface area contributed by atoms with Gasteiger partial charge in [0, 0.05) is 17.1 Å². The van der Waals surface area contributed by atoms with Gasteiger partial charge in [0.15, 0.2) is 5.75 Å². The maximum atomic E-state index is 12.9. The molecule has 1 heterocycles. The van der Waals surface area contributed by atoms with Crippen molar-refractivity contribution in [3.05, 3.63) is 54.5 Å². The summed E-state index contributed by atoms with van der Waals surface area (Å²) in [5.41, 5.74) is 2.71. The van der Waals surface area contributed by atoms with Gasteiger partial charge in [-0.15, -0.1) is 0 Å². The van der Waals surface area contributed by atoms with Crippen LogP contribution in [0.1, 0.15) is 0 Å². The number of carbonyl (C=O) groups is 1. The average Bonchev–Trinajstić information content (AvgIpc) is 2.83. The molecule has 0 atom stereocenters. The lowest BCUT2D eigenvalue weighted by Gasteiger charge is -2.03. The molecule has 0 aliphatic rings. The van der Waals surface area contributed by atoms with E-state index < -0.39 is 0 Å². The Hall–Kier alpha value is -2.62. The Kier molecular flexibility index (Phi) is 2.76. The van der Waals surface area contributed by atoms with E-state index in [1.54, 1.807) is 18.3 Å². The van der Waals surface area contributed by atoms with Crippen LogP contribution in [0.5, 0.6) is 5.75 Å². The van der Waals surface area contributed by atoms with Gasteiger partial charge >= 0.3 is 0 Å². The highest BCUT2D eigenvalue weighted by atomic mass is 19.1. The second-order valence-electron chi connectivity index (χ2n) is 4.13. The van der Waals surface area contributed by atoms with E-state index in [-0.39, 0.29) is 5.82 Å². The molecule has 0 radical (unpaired) electrons. The fraction of sp³-hybridized carbons (Fsp3) is 0. The van der Waals surface area contributed by atoms with Crippen LogP contribution in [0.2, 0.25) is 0 Å². The van der Waals surface area contributed by atoms with Crippen molar-refractivity contribution in [2.75, 3.05) is 0 Å². The van der Waals surface area contributed by atoms with E-state index in [1.807, 2.05) is 18.2 Å². The van der Waals surface area contributed by atoms with Gasteiger partial charge in [0.25, 0.3) is 6.47 Å². The molecule has 0 spiro atoms. The zero-order valence-electron chi connectivity index (χ0n) is 9.89. The Morgan fingerprint density at radius 2 is 1.79 bits per heavy atom. The lowest BCUT2D eigenvalue weighted by Crippen LogP contribution is -1.86. The Balaban J connectivity index is 2.11. The summed E-state index contributed by atoms with van der Waals surface area (Å²) < 4.78 is 17.8. The summed E-state index contributed by atoms with van der Waals surface area (Å²) in [4.78, 5) is 13.4. The van der Waals surface area contributed by atoms with Gasteiger partial charge in [-0.1, -0.05) is 18.2 Å². The SMILES string of the molecule is O=COc1c[nH]c2ccc(-c3ccc(F)cc3)cc12. The lowest BCUT2D eigenvalue weighted by atomic mass is 10.0. The molecule has 0 aliphatic heterocycles. The van der Waals surface area contributed by atoms with E-state index in [4.69, 9.17) is 4.74 Å². The number of nitrogens with one attached hydrogen (secondary N) is 1. The van der Waals surface area contributed by atoms with Gasteiger partial charge in [0.05, 0.1) is 0 Å². The molecule has 3 nitrogen and oxygen atoms in total. The standard InChI is InChI=1S/C15H10FNO2/c16-12-4-1-10(2-5-12)11-3-6-14-13(7-11)15(8-17-14)19-9-18/h1-9,17H. The predicted octanol–water partition coefficient (Wildman–Crippen LogP) is 3.51. The van der Waals surface area contributed by atoms with Crippen LogP contribution in [-0.4, -0.2) is 11.5 Å². The Labute approximate surface area is 108 Å². The van der Waals surface area contributed by atoms with Crippen molar-refractivity contribution >= 4 is 17.4 Å². The van der Waals surface area contributed by atoms with E-state index >= 15 is 0 Å². The molecule has 2 aromatic carbocycles. The van der Waals surface area contributed by atoms with E-state index in [0.29, 0.717) is 12.2 Å². The molecule has 94 valence electrons. The quantitative estimate of drug-likeness (QED) is 0.728. The van der Waals surface area contributed by atoms with Gasteiger partial charge < -0.3 is 9.72 Å². The fourth-order valence-corrected chi connectivity index (χ4v) is 2.07. The first-order valence-corrected chi connectivity index (χ1v) is 5.75. The molecule has 0 saturated carbocycles. The van der Waals surface area contributed by atoms with E-state index in [2.05, 4.69) is 4.98 Å².